The van der Waals surface area contributed by atoms with Crippen molar-refractivity contribution in [2.24, 2.45) is 0 Å². The van der Waals surface area contributed by atoms with E-state index in [1.54, 1.807) is 0 Å². The Kier molecular flexibility index (Phi) is 2.93. The standard InChI is InChI=1S/C8H12/c1-5-7(3)8(4)6-2/h5-6H,1-2H2,3-4H3. The van der Waals surface area contributed by atoms with Gasteiger partial charge in [-0.25, -0.2) is 0 Å². The van der Waals surface area contributed by atoms with Gasteiger partial charge >= 0.3 is 0 Å². The van der Waals surface area contributed by atoms with E-state index in [1.807, 2.05) is 26.0 Å². The molecule has 0 saturated heterocycles. The molecule has 8 heavy (non-hydrogen) atoms. The first kappa shape index (κ1) is 7.22. The minimum Gasteiger partial charge on any atom is -0.0988 e. The Hall–Kier alpha value is -0.780. The Morgan fingerprint density at radius 2 is 1.25 bits per heavy atom. The Balaban J connectivity index is 4.25. The van der Waals surface area contributed by atoms with Crippen LogP contribution in [0.3, 0.4) is 0 Å². The average Bonchev–Trinajstić information content (AvgIpc) is 1.84. The molecule has 0 saturated carbocycles. The van der Waals surface area contributed by atoms with Crippen LogP contribution in [0.5, 0.6) is 0 Å². The van der Waals surface area contributed by atoms with Gasteiger partial charge in [0.05, 0.1) is 0 Å². The second-order valence-electron chi connectivity index (χ2n) is 1.77. The van der Waals surface area contributed by atoms with Gasteiger partial charge in [-0.05, 0) is 25.0 Å². The van der Waals surface area contributed by atoms with Gasteiger partial charge in [0.1, 0.15) is 0 Å². The van der Waals surface area contributed by atoms with Crippen LogP contribution in [0.15, 0.2) is 36.5 Å². The zero-order valence-corrected chi connectivity index (χ0v) is 5.57. The predicted molar refractivity (Wildman–Crippen MR) is 38.8 cm³/mol. The molecule has 0 aromatic rings. The van der Waals surface area contributed by atoms with Crippen LogP contribution in [0.2, 0.25) is 0 Å². The summed E-state index contributed by atoms with van der Waals surface area (Å²) in [5.41, 5.74) is 2.39. The predicted octanol–water partition coefficient (Wildman–Crippen LogP) is 2.69. The summed E-state index contributed by atoms with van der Waals surface area (Å²) in [6.07, 6.45) is 3.66. The van der Waals surface area contributed by atoms with Crippen LogP contribution in [0.25, 0.3) is 0 Å². The number of hydrogen-bond acceptors (Lipinski definition) is 0. The van der Waals surface area contributed by atoms with Crippen LogP contribution >= 0.6 is 0 Å². The molecule has 0 N–H and O–H groups in total. The molecule has 0 aromatic heterocycles. The fraction of sp³-hybridized carbons (Fsp3) is 0.250. The summed E-state index contributed by atoms with van der Waals surface area (Å²) >= 11 is 0. The molecule has 0 unspecified atom stereocenters. The van der Waals surface area contributed by atoms with Crippen molar-refractivity contribution in [3.63, 3.8) is 0 Å². The fourth-order valence-corrected chi connectivity index (χ4v) is 0.322. The smallest absolute Gasteiger partial charge is 0.0395 e. The maximum absolute atomic E-state index is 3.62. The highest BCUT2D eigenvalue weighted by molar-refractivity contribution is 5.27. The summed E-state index contributed by atoms with van der Waals surface area (Å²) in [6.45, 7) is 11.3. The van der Waals surface area contributed by atoms with Gasteiger partial charge in [-0.1, -0.05) is 25.3 Å². The number of rotatable bonds is 2. The normalized spacial score (nSPS) is 12.2. The van der Waals surface area contributed by atoms with Gasteiger partial charge < -0.3 is 0 Å². The highest BCUT2D eigenvalue weighted by Gasteiger charge is 1.82. The molecule has 0 fully saturated rings. The van der Waals surface area contributed by atoms with Crippen LogP contribution in [-0.2, 0) is 0 Å². The first-order valence-electron chi connectivity index (χ1n) is 2.64. The number of allylic oxidation sites excluding steroid dienone is 4. The highest BCUT2D eigenvalue weighted by atomic mass is 13.9. The molecule has 0 radical (unpaired) electrons. The average molecular weight is 108 g/mol. The highest BCUT2D eigenvalue weighted by Crippen LogP contribution is 2.02. The van der Waals surface area contributed by atoms with Crippen LogP contribution in [0, 0.1) is 0 Å². The third-order valence-electron chi connectivity index (χ3n) is 1.23. The molecule has 0 heteroatoms. The lowest BCUT2D eigenvalue weighted by Gasteiger charge is -1.92. The monoisotopic (exact) mass is 108 g/mol. The first-order valence-corrected chi connectivity index (χ1v) is 2.64. The Morgan fingerprint density at radius 1 is 1.00 bits per heavy atom. The van der Waals surface area contributed by atoms with E-state index in [9.17, 15) is 0 Å². The maximum Gasteiger partial charge on any atom is -0.0395 e. The van der Waals surface area contributed by atoms with E-state index in [4.69, 9.17) is 0 Å². The third kappa shape index (κ3) is 1.78. The van der Waals surface area contributed by atoms with Crippen molar-refractivity contribution in [1.29, 1.82) is 0 Å². The first-order chi connectivity index (χ1) is 3.72. The lowest BCUT2D eigenvalue weighted by molar-refractivity contribution is 1.39. The molecule has 0 spiro atoms. The van der Waals surface area contributed by atoms with E-state index >= 15 is 0 Å². The second kappa shape index (κ2) is 3.25. The second-order valence-corrected chi connectivity index (χ2v) is 1.77. The van der Waals surface area contributed by atoms with Crippen molar-refractivity contribution in [2.75, 3.05) is 0 Å². The summed E-state index contributed by atoms with van der Waals surface area (Å²) in [5.74, 6) is 0. The quantitative estimate of drug-likeness (QED) is 0.477. The molecular formula is C8H12. The van der Waals surface area contributed by atoms with E-state index in [-0.39, 0.29) is 0 Å². The molecule has 0 aliphatic heterocycles. The summed E-state index contributed by atoms with van der Waals surface area (Å²) < 4.78 is 0. The van der Waals surface area contributed by atoms with Crippen molar-refractivity contribution in [1.82, 2.24) is 0 Å². The zero-order valence-electron chi connectivity index (χ0n) is 5.57. The summed E-state index contributed by atoms with van der Waals surface area (Å²) in [6, 6.07) is 0. The molecule has 0 aliphatic carbocycles. The molecule has 0 atom stereocenters. The molecule has 0 bridgehead atoms. The minimum absolute atomic E-state index is 1.19. The SMILES string of the molecule is C=CC(C)=C(C)C=C. The Labute approximate surface area is 51.2 Å². The minimum atomic E-state index is 1.19. The topological polar surface area (TPSA) is 0 Å². The van der Waals surface area contributed by atoms with Gasteiger partial charge in [-0.2, -0.15) is 0 Å². The van der Waals surface area contributed by atoms with Gasteiger partial charge in [0, 0.05) is 0 Å². The molecule has 0 amide bonds. The van der Waals surface area contributed by atoms with Crippen LogP contribution in [0.4, 0.5) is 0 Å². The number of hydrogen-bond donors (Lipinski definition) is 0. The largest absolute Gasteiger partial charge is 0.0988 e. The van der Waals surface area contributed by atoms with Gasteiger partial charge in [-0.15, -0.1) is 0 Å². The summed E-state index contributed by atoms with van der Waals surface area (Å²) in [7, 11) is 0. The van der Waals surface area contributed by atoms with Crippen LogP contribution in [-0.4, -0.2) is 0 Å². The molecule has 0 aromatic carbocycles. The van der Waals surface area contributed by atoms with E-state index < -0.39 is 0 Å². The van der Waals surface area contributed by atoms with Crippen molar-refractivity contribution < 1.29 is 0 Å². The lowest BCUT2D eigenvalue weighted by Crippen LogP contribution is -1.71. The van der Waals surface area contributed by atoms with Gasteiger partial charge in [0.15, 0.2) is 0 Å². The fourth-order valence-electron chi connectivity index (χ4n) is 0.322. The molecule has 0 nitrogen and oxygen atoms in total. The molecule has 0 heterocycles. The molecular weight excluding hydrogens is 96.1 g/mol. The van der Waals surface area contributed by atoms with Gasteiger partial charge in [0.2, 0.25) is 0 Å². The van der Waals surface area contributed by atoms with Crippen molar-refractivity contribution in [3.05, 3.63) is 36.5 Å². The van der Waals surface area contributed by atoms with E-state index in [2.05, 4.69) is 13.2 Å². The van der Waals surface area contributed by atoms with Crippen molar-refractivity contribution in [3.8, 4) is 0 Å². The molecule has 44 valence electrons. The summed E-state index contributed by atoms with van der Waals surface area (Å²) in [5, 5.41) is 0. The van der Waals surface area contributed by atoms with Crippen molar-refractivity contribution in [2.45, 2.75) is 13.8 Å². The maximum atomic E-state index is 3.62. The zero-order chi connectivity index (χ0) is 6.57. The third-order valence-corrected chi connectivity index (χ3v) is 1.23. The lowest BCUT2D eigenvalue weighted by atomic mass is 10.1. The van der Waals surface area contributed by atoms with Crippen LogP contribution < -0.4 is 0 Å². The Morgan fingerprint density at radius 3 is 1.38 bits per heavy atom. The Bertz CT molecular complexity index is 111. The van der Waals surface area contributed by atoms with Gasteiger partial charge in [0.25, 0.3) is 0 Å². The van der Waals surface area contributed by atoms with E-state index in [0.29, 0.717) is 0 Å². The van der Waals surface area contributed by atoms with Crippen molar-refractivity contribution >= 4 is 0 Å². The van der Waals surface area contributed by atoms with E-state index in [1.165, 1.54) is 11.1 Å². The van der Waals surface area contributed by atoms with Gasteiger partial charge in [-0.3, -0.25) is 0 Å². The van der Waals surface area contributed by atoms with Crippen LogP contribution in [0.1, 0.15) is 13.8 Å². The molecule has 0 aliphatic rings. The summed E-state index contributed by atoms with van der Waals surface area (Å²) in [4.78, 5) is 0. The molecule has 0 rings (SSSR count). The van der Waals surface area contributed by atoms with E-state index in [0.717, 1.165) is 0 Å².